The maximum atomic E-state index is 14.1. The molecule has 0 spiro atoms. The summed E-state index contributed by atoms with van der Waals surface area (Å²) in [7, 11) is 1.56. The molecule has 4 N–H and O–H groups in total. The SMILES string of the molecule is CNc1ncc(-c2cnn(C3CCN(C(=O)c4ccc(CNc5cccc6c5C(=O)N(C5CCC(=O)NC5=O)C6=O)cc4)CC3)c2)c2c1c(-c1ccc(NS(=O)C(C)F)c(OC(C)c3ccc(F)cc3)c1)nn2C. The molecule has 6 heterocycles. The Morgan fingerprint density at radius 1 is 0.905 bits per heavy atom. The molecule has 3 aromatic heterocycles. The molecule has 10 rings (SSSR count). The molecule has 0 saturated carbocycles. The highest BCUT2D eigenvalue weighted by molar-refractivity contribution is 7.86. The predicted octanol–water partition coefficient (Wildman–Crippen LogP) is 7.70. The van der Waals surface area contributed by atoms with Crippen LogP contribution in [0.1, 0.15) is 93.9 Å². The van der Waals surface area contributed by atoms with Gasteiger partial charge in [-0.2, -0.15) is 10.2 Å². The minimum atomic E-state index is -2.06. The number of likely N-dealkylation sites (tertiary alicyclic amines) is 1. The van der Waals surface area contributed by atoms with Gasteiger partial charge in [-0.1, -0.05) is 36.4 Å². The first kappa shape index (κ1) is 49.3. The minimum absolute atomic E-state index is 0.0265. The molecule has 5 amide bonds. The molecule has 3 aliphatic rings. The highest BCUT2D eigenvalue weighted by Crippen LogP contribution is 2.41. The Bertz CT molecular complexity index is 3390. The van der Waals surface area contributed by atoms with E-state index in [1.54, 1.807) is 91.7 Å². The second kappa shape index (κ2) is 20.3. The van der Waals surface area contributed by atoms with Gasteiger partial charge in [-0.15, -0.1) is 0 Å². The molecular formula is C53H51F2N11O7S. The van der Waals surface area contributed by atoms with Crippen LogP contribution in [0.25, 0.3) is 33.3 Å². The van der Waals surface area contributed by atoms with E-state index in [9.17, 15) is 37.0 Å². The van der Waals surface area contributed by atoms with E-state index in [-0.39, 0.29) is 47.5 Å². The highest BCUT2D eigenvalue weighted by Gasteiger charge is 2.45. The Balaban J connectivity index is 0.806. The van der Waals surface area contributed by atoms with Crippen molar-refractivity contribution in [2.75, 3.05) is 35.5 Å². The van der Waals surface area contributed by atoms with E-state index in [0.717, 1.165) is 32.5 Å². The Kier molecular flexibility index (Phi) is 13.5. The molecule has 0 aliphatic carbocycles. The average molecular weight is 1020 g/mol. The van der Waals surface area contributed by atoms with Gasteiger partial charge in [0.25, 0.3) is 17.7 Å². The summed E-state index contributed by atoms with van der Waals surface area (Å²) in [6.45, 7) is 4.32. The van der Waals surface area contributed by atoms with E-state index in [4.69, 9.17) is 19.9 Å². The van der Waals surface area contributed by atoms with Crippen LogP contribution in [0.4, 0.5) is 26.0 Å². The Morgan fingerprint density at radius 2 is 1.66 bits per heavy atom. The van der Waals surface area contributed by atoms with Crippen LogP contribution in [0.15, 0.2) is 104 Å². The van der Waals surface area contributed by atoms with Crippen molar-refractivity contribution in [2.45, 2.75) is 69.8 Å². The quantitative estimate of drug-likeness (QED) is 0.0728. The number of anilines is 3. The lowest BCUT2D eigenvalue weighted by Crippen LogP contribution is -2.54. The molecule has 380 valence electrons. The first-order valence-corrected chi connectivity index (χ1v) is 25.3. The number of hydrogen-bond donors (Lipinski definition) is 4. The standard InChI is InChI=1S/C53H51F2N11O7S/c1-29(32-12-15-36(55)16-13-32)73-43-24-34(14-17-40(43)62-74(72)30(2)54)47-46-48(63(4)61-47)39(27-58-49(46)56-3)35-26-59-65(28-35)37-20-22-64(23-21-37)51(69)33-10-8-31(9-11-33)25-57-41-7-5-6-38-45(41)53(71)66(52(38)70)42-18-19-44(67)60-50(42)68/h5-17,24,26-30,37,42,57,62H,18-23,25H2,1-4H3,(H,56,58)(H,60,67,68). The summed E-state index contributed by atoms with van der Waals surface area (Å²) in [6.07, 6.45) is 6.45. The molecular weight excluding hydrogens is 973 g/mol. The number of aryl methyl sites for hydroxylation is 1. The lowest BCUT2D eigenvalue weighted by Gasteiger charge is -2.32. The van der Waals surface area contributed by atoms with Gasteiger partial charge in [-0.3, -0.25) is 48.3 Å². The molecule has 7 aromatic rings. The average Bonchev–Trinajstić information content (AvgIpc) is 4.11. The molecule has 4 aromatic carbocycles. The number of amides is 5. The fourth-order valence-electron chi connectivity index (χ4n) is 9.77. The van der Waals surface area contributed by atoms with E-state index in [2.05, 4.69) is 20.7 Å². The topological polar surface area (TPSA) is 215 Å². The Labute approximate surface area is 426 Å². The molecule has 4 atom stereocenters. The summed E-state index contributed by atoms with van der Waals surface area (Å²) in [5.41, 5.74) is 5.12. The zero-order valence-electron chi connectivity index (χ0n) is 40.7. The Hall–Kier alpha value is -8.33. The van der Waals surface area contributed by atoms with Gasteiger partial charge in [0.15, 0.2) is 16.5 Å². The van der Waals surface area contributed by atoms with E-state index in [1.165, 1.54) is 19.1 Å². The van der Waals surface area contributed by atoms with Crippen molar-refractivity contribution in [3.8, 4) is 28.1 Å². The Morgan fingerprint density at radius 3 is 2.38 bits per heavy atom. The third kappa shape index (κ3) is 9.45. The van der Waals surface area contributed by atoms with Crippen LogP contribution in [-0.2, 0) is 34.2 Å². The summed E-state index contributed by atoms with van der Waals surface area (Å²) in [5.74, 6) is -1.91. The number of carbonyl (C=O) groups excluding carboxylic acids is 5. The van der Waals surface area contributed by atoms with Crippen LogP contribution in [0, 0.1) is 5.82 Å². The van der Waals surface area contributed by atoms with Crippen LogP contribution in [0.3, 0.4) is 0 Å². The number of hydrogen-bond acceptors (Lipinski definition) is 12. The number of pyridine rings is 1. The minimum Gasteiger partial charge on any atom is -0.484 e. The van der Waals surface area contributed by atoms with Gasteiger partial charge in [0.05, 0.1) is 40.0 Å². The normalized spacial score (nSPS) is 17.2. The second-order valence-corrected chi connectivity index (χ2v) is 19.8. The maximum absolute atomic E-state index is 14.1. The van der Waals surface area contributed by atoms with Crippen LogP contribution in [0.2, 0.25) is 0 Å². The maximum Gasteiger partial charge on any atom is 0.264 e. The summed E-state index contributed by atoms with van der Waals surface area (Å²) >= 11 is 0. The fraction of sp³-hybridized carbons (Fsp3) is 0.283. The smallest absolute Gasteiger partial charge is 0.264 e. The van der Waals surface area contributed by atoms with E-state index >= 15 is 0 Å². The number of ether oxygens (including phenoxy) is 1. The van der Waals surface area contributed by atoms with Crippen molar-refractivity contribution in [2.24, 2.45) is 7.05 Å². The first-order chi connectivity index (χ1) is 35.7. The number of nitrogens with zero attached hydrogens (tertiary/aromatic N) is 7. The number of fused-ring (bicyclic) bond motifs is 2. The molecule has 21 heteroatoms. The third-order valence-electron chi connectivity index (χ3n) is 13.7. The zero-order chi connectivity index (χ0) is 51.9. The first-order valence-electron chi connectivity index (χ1n) is 24.1. The predicted molar refractivity (Wildman–Crippen MR) is 274 cm³/mol. The molecule has 74 heavy (non-hydrogen) atoms. The lowest BCUT2D eigenvalue weighted by molar-refractivity contribution is -0.136. The summed E-state index contributed by atoms with van der Waals surface area (Å²) in [4.78, 5) is 72.4. The fourth-order valence-corrected chi connectivity index (χ4v) is 10.3. The van der Waals surface area contributed by atoms with Crippen molar-refractivity contribution >= 4 is 68.6 Å². The van der Waals surface area contributed by atoms with Crippen molar-refractivity contribution in [1.82, 2.24) is 39.7 Å². The van der Waals surface area contributed by atoms with Crippen molar-refractivity contribution in [1.29, 1.82) is 0 Å². The number of carbonyl (C=O) groups is 5. The summed E-state index contributed by atoms with van der Waals surface area (Å²) in [5, 5.41) is 19.1. The summed E-state index contributed by atoms with van der Waals surface area (Å²) in [6, 6.07) is 22.2. The second-order valence-electron chi connectivity index (χ2n) is 18.4. The van der Waals surface area contributed by atoms with Crippen LogP contribution in [0.5, 0.6) is 5.75 Å². The molecule has 2 saturated heterocycles. The lowest BCUT2D eigenvalue weighted by atomic mass is 10.0. The zero-order valence-corrected chi connectivity index (χ0v) is 41.5. The van der Waals surface area contributed by atoms with Gasteiger partial charge >= 0.3 is 0 Å². The van der Waals surface area contributed by atoms with Crippen LogP contribution in [-0.4, -0.2) is 99.8 Å². The molecule has 4 unspecified atom stereocenters. The number of benzene rings is 4. The van der Waals surface area contributed by atoms with Gasteiger partial charge < -0.3 is 20.3 Å². The van der Waals surface area contributed by atoms with Crippen molar-refractivity contribution in [3.63, 3.8) is 0 Å². The number of piperidine rings is 2. The van der Waals surface area contributed by atoms with Gasteiger partial charge in [0.2, 0.25) is 11.8 Å². The molecule has 0 radical (unpaired) electrons. The number of nitrogens with one attached hydrogen (secondary N) is 4. The highest BCUT2D eigenvalue weighted by atomic mass is 32.2. The third-order valence-corrected chi connectivity index (χ3v) is 14.7. The van der Waals surface area contributed by atoms with Gasteiger partial charge in [-0.25, -0.2) is 18.0 Å². The van der Waals surface area contributed by atoms with Gasteiger partial charge in [0, 0.05) is 80.5 Å². The van der Waals surface area contributed by atoms with Crippen LogP contribution < -0.4 is 25.4 Å². The molecule has 0 bridgehead atoms. The number of aromatic nitrogens is 5. The molecule has 18 nitrogen and oxygen atoms in total. The van der Waals surface area contributed by atoms with Crippen LogP contribution >= 0.6 is 0 Å². The van der Waals surface area contributed by atoms with Crippen molar-refractivity contribution < 1.29 is 41.7 Å². The summed E-state index contributed by atoms with van der Waals surface area (Å²) < 4.78 is 53.3. The monoisotopic (exact) mass is 1020 g/mol. The molecule has 3 aliphatic heterocycles. The number of alkyl halides is 1. The van der Waals surface area contributed by atoms with E-state index < -0.39 is 52.3 Å². The van der Waals surface area contributed by atoms with E-state index in [1.807, 2.05) is 35.0 Å². The largest absolute Gasteiger partial charge is 0.484 e. The van der Waals surface area contributed by atoms with Crippen molar-refractivity contribution in [3.05, 3.63) is 137 Å². The number of rotatable bonds is 15. The number of halogens is 2. The molecule has 2 fully saturated rings. The number of imide groups is 2. The van der Waals surface area contributed by atoms with E-state index in [0.29, 0.717) is 72.1 Å². The van der Waals surface area contributed by atoms with Gasteiger partial charge in [-0.05, 0) is 92.8 Å². The van der Waals surface area contributed by atoms with Gasteiger partial charge in [0.1, 0.15) is 35.2 Å².